The van der Waals surface area contributed by atoms with Gasteiger partial charge in [-0.25, -0.2) is 9.78 Å². The monoisotopic (exact) mass is 174 g/mol. The number of hydrogen-bond donors (Lipinski definition) is 0. The van der Waals surface area contributed by atoms with Crippen LogP contribution in [-0.2, 0) is 9.78 Å². The molecule has 2 heteroatoms. The van der Waals surface area contributed by atoms with Gasteiger partial charge in [0.15, 0.2) is 0 Å². The Labute approximate surface area is 76.2 Å². The van der Waals surface area contributed by atoms with Crippen LogP contribution < -0.4 is 0 Å². The molecule has 2 atom stereocenters. The van der Waals surface area contributed by atoms with Gasteiger partial charge in [-0.3, -0.25) is 0 Å². The smallest absolute Gasteiger partial charge is 0.0902 e. The predicted molar refractivity (Wildman–Crippen MR) is 50.9 cm³/mol. The summed E-state index contributed by atoms with van der Waals surface area (Å²) in [5.41, 5.74) is 0. The predicted octanol–water partition coefficient (Wildman–Crippen LogP) is 3.31. The first-order valence-corrected chi connectivity index (χ1v) is 5.02. The zero-order valence-electron chi connectivity index (χ0n) is 8.80. The van der Waals surface area contributed by atoms with Gasteiger partial charge in [0.1, 0.15) is 0 Å². The lowest BCUT2D eigenvalue weighted by Crippen LogP contribution is -2.14. The second-order valence-corrected chi connectivity index (χ2v) is 3.39. The van der Waals surface area contributed by atoms with Gasteiger partial charge in [0.05, 0.1) is 12.2 Å². The van der Waals surface area contributed by atoms with E-state index in [1.165, 1.54) is 0 Å². The van der Waals surface area contributed by atoms with Crippen LogP contribution in [0.1, 0.15) is 53.4 Å². The molecule has 0 amide bonds. The first kappa shape index (κ1) is 11.9. The first-order valence-electron chi connectivity index (χ1n) is 5.02. The molecule has 0 aliphatic heterocycles. The maximum absolute atomic E-state index is 5.20. The molecule has 74 valence electrons. The highest BCUT2D eigenvalue weighted by Gasteiger charge is 2.05. The van der Waals surface area contributed by atoms with E-state index >= 15 is 0 Å². The van der Waals surface area contributed by atoms with Crippen LogP contribution in [-0.4, -0.2) is 12.2 Å². The Bertz CT molecular complexity index is 81.8. The summed E-state index contributed by atoms with van der Waals surface area (Å²) in [7, 11) is 0. The fraction of sp³-hybridized carbons (Fsp3) is 1.00. The van der Waals surface area contributed by atoms with E-state index in [0.29, 0.717) is 0 Å². The van der Waals surface area contributed by atoms with Crippen LogP contribution in [0, 0.1) is 0 Å². The molecule has 0 aromatic carbocycles. The van der Waals surface area contributed by atoms with Gasteiger partial charge in [-0.15, -0.1) is 0 Å². The van der Waals surface area contributed by atoms with E-state index in [-0.39, 0.29) is 12.2 Å². The van der Waals surface area contributed by atoms with Crippen LogP contribution in [0.2, 0.25) is 0 Å². The Kier molecular flexibility index (Phi) is 7.51. The molecule has 0 aromatic heterocycles. The molecule has 0 fully saturated rings. The molecule has 0 aliphatic rings. The maximum atomic E-state index is 5.20. The molecule has 0 saturated carbocycles. The Hall–Kier alpha value is -0.0800. The van der Waals surface area contributed by atoms with Crippen molar-refractivity contribution < 1.29 is 9.78 Å². The summed E-state index contributed by atoms with van der Waals surface area (Å²) in [5.74, 6) is 0. The summed E-state index contributed by atoms with van der Waals surface area (Å²) >= 11 is 0. The lowest BCUT2D eigenvalue weighted by atomic mass is 10.2. The second kappa shape index (κ2) is 7.56. The van der Waals surface area contributed by atoms with Gasteiger partial charge < -0.3 is 0 Å². The minimum absolute atomic E-state index is 0.231. The van der Waals surface area contributed by atoms with Gasteiger partial charge in [-0.05, 0) is 26.7 Å². The van der Waals surface area contributed by atoms with E-state index in [1.807, 2.05) is 13.8 Å². The average Bonchev–Trinajstić information content (AvgIpc) is 2.02. The third kappa shape index (κ3) is 6.62. The summed E-state index contributed by atoms with van der Waals surface area (Å²) in [6.07, 6.45) is 4.89. The Morgan fingerprint density at radius 2 is 1.17 bits per heavy atom. The fourth-order valence-corrected chi connectivity index (χ4v) is 1.10. The minimum Gasteiger partial charge on any atom is -0.233 e. The summed E-state index contributed by atoms with van der Waals surface area (Å²) in [6.45, 7) is 8.38. The van der Waals surface area contributed by atoms with E-state index in [2.05, 4.69) is 13.8 Å². The zero-order valence-corrected chi connectivity index (χ0v) is 8.80. The molecule has 0 spiro atoms. The summed E-state index contributed by atoms with van der Waals surface area (Å²) in [5, 5.41) is 0. The molecule has 0 aromatic rings. The Balaban J connectivity index is 3.27. The van der Waals surface area contributed by atoms with Crippen LogP contribution in [0.3, 0.4) is 0 Å². The van der Waals surface area contributed by atoms with Crippen molar-refractivity contribution in [2.75, 3.05) is 0 Å². The lowest BCUT2D eigenvalue weighted by Gasteiger charge is -2.14. The van der Waals surface area contributed by atoms with Crippen LogP contribution in [0.15, 0.2) is 0 Å². The molecule has 0 rings (SSSR count). The van der Waals surface area contributed by atoms with Gasteiger partial charge in [-0.2, -0.15) is 0 Å². The molecular formula is C10H22O2. The van der Waals surface area contributed by atoms with Crippen LogP contribution in [0.25, 0.3) is 0 Å². The van der Waals surface area contributed by atoms with Crippen LogP contribution in [0.5, 0.6) is 0 Å². The van der Waals surface area contributed by atoms with Gasteiger partial charge in [0.2, 0.25) is 0 Å². The lowest BCUT2D eigenvalue weighted by molar-refractivity contribution is -0.346. The van der Waals surface area contributed by atoms with E-state index < -0.39 is 0 Å². The van der Waals surface area contributed by atoms with E-state index in [0.717, 1.165) is 25.7 Å². The number of rotatable bonds is 7. The molecule has 12 heavy (non-hydrogen) atoms. The van der Waals surface area contributed by atoms with Crippen molar-refractivity contribution in [1.82, 2.24) is 0 Å². The Morgan fingerprint density at radius 3 is 1.42 bits per heavy atom. The third-order valence-electron chi connectivity index (χ3n) is 1.77. The second-order valence-electron chi connectivity index (χ2n) is 3.39. The van der Waals surface area contributed by atoms with Crippen molar-refractivity contribution in [1.29, 1.82) is 0 Å². The van der Waals surface area contributed by atoms with E-state index in [1.54, 1.807) is 0 Å². The van der Waals surface area contributed by atoms with Crippen molar-refractivity contribution in [2.45, 2.75) is 65.6 Å². The van der Waals surface area contributed by atoms with Crippen molar-refractivity contribution in [2.24, 2.45) is 0 Å². The van der Waals surface area contributed by atoms with Crippen molar-refractivity contribution in [3.63, 3.8) is 0 Å². The molecule has 2 nitrogen and oxygen atoms in total. The van der Waals surface area contributed by atoms with Gasteiger partial charge in [-0.1, -0.05) is 26.7 Å². The molecule has 0 saturated heterocycles. The first-order chi connectivity index (χ1) is 5.70. The zero-order chi connectivity index (χ0) is 9.40. The summed E-state index contributed by atoms with van der Waals surface area (Å²) in [4.78, 5) is 10.4. The van der Waals surface area contributed by atoms with E-state index in [4.69, 9.17) is 9.78 Å². The highest BCUT2D eigenvalue weighted by molar-refractivity contribution is 4.46. The molecule has 0 heterocycles. The fourth-order valence-electron chi connectivity index (χ4n) is 1.10. The molecule has 0 bridgehead atoms. The quantitative estimate of drug-likeness (QED) is 0.435. The standard InChI is InChI=1S/C10H22O2/c1-5-7-9(3)11-12-10(4)8-6-2/h9-10H,5-8H2,1-4H3. The topological polar surface area (TPSA) is 18.5 Å². The van der Waals surface area contributed by atoms with Gasteiger partial charge in [0.25, 0.3) is 0 Å². The van der Waals surface area contributed by atoms with Gasteiger partial charge in [0, 0.05) is 0 Å². The van der Waals surface area contributed by atoms with Crippen molar-refractivity contribution in [3.8, 4) is 0 Å². The number of hydrogen-bond acceptors (Lipinski definition) is 2. The maximum Gasteiger partial charge on any atom is 0.0902 e. The molecular weight excluding hydrogens is 152 g/mol. The normalized spacial score (nSPS) is 16.0. The van der Waals surface area contributed by atoms with Gasteiger partial charge >= 0.3 is 0 Å². The highest BCUT2D eigenvalue weighted by atomic mass is 17.2. The third-order valence-corrected chi connectivity index (χ3v) is 1.77. The minimum atomic E-state index is 0.231. The van der Waals surface area contributed by atoms with E-state index in [9.17, 15) is 0 Å². The summed E-state index contributed by atoms with van der Waals surface area (Å²) < 4.78 is 0. The molecule has 2 unspecified atom stereocenters. The van der Waals surface area contributed by atoms with Crippen LogP contribution in [0.4, 0.5) is 0 Å². The molecule has 0 N–H and O–H groups in total. The SMILES string of the molecule is CCCC(C)OOC(C)CCC. The summed E-state index contributed by atoms with van der Waals surface area (Å²) in [6, 6.07) is 0. The largest absolute Gasteiger partial charge is 0.233 e. The Morgan fingerprint density at radius 1 is 0.833 bits per heavy atom. The molecule has 0 aliphatic carbocycles. The van der Waals surface area contributed by atoms with Crippen molar-refractivity contribution >= 4 is 0 Å². The molecule has 0 radical (unpaired) electrons. The van der Waals surface area contributed by atoms with Crippen LogP contribution >= 0.6 is 0 Å². The van der Waals surface area contributed by atoms with Crippen molar-refractivity contribution in [3.05, 3.63) is 0 Å². The highest BCUT2D eigenvalue weighted by Crippen LogP contribution is 2.06. The average molecular weight is 174 g/mol.